The standard InChI is InChI=1S/C20H23N3O3S.ClH/c1-22(16-10-14-8-9-15(11-16)21-14)19(24)12-23-17-6-2-4-13-5-3-7-18(20(13)17)27(23,25)26;/h2-7,14-16,21H,8-12H2,1H3;1H. The molecule has 2 aromatic rings. The molecule has 3 aliphatic heterocycles. The Bertz CT molecular complexity index is 1020. The first-order chi connectivity index (χ1) is 12.9. The minimum Gasteiger partial charge on any atom is -0.341 e. The normalized spacial score (nSPS) is 26.9. The van der Waals surface area contributed by atoms with Gasteiger partial charge < -0.3 is 10.2 Å². The van der Waals surface area contributed by atoms with Gasteiger partial charge in [0.2, 0.25) is 5.91 Å². The van der Waals surface area contributed by atoms with E-state index in [0.717, 1.165) is 23.6 Å². The summed E-state index contributed by atoms with van der Waals surface area (Å²) in [6, 6.07) is 12.0. The average molecular weight is 422 g/mol. The number of nitrogens with one attached hydrogen (secondary N) is 1. The van der Waals surface area contributed by atoms with Gasteiger partial charge in [-0.25, -0.2) is 8.42 Å². The maximum atomic E-state index is 13.1. The first-order valence-electron chi connectivity index (χ1n) is 9.51. The summed E-state index contributed by atoms with van der Waals surface area (Å²) in [5.74, 6) is -0.144. The van der Waals surface area contributed by atoms with Crippen molar-refractivity contribution in [1.29, 1.82) is 0 Å². The maximum absolute atomic E-state index is 13.1. The summed E-state index contributed by atoms with van der Waals surface area (Å²) in [6.07, 6.45) is 4.23. The number of benzene rings is 2. The number of rotatable bonds is 3. The number of halogens is 1. The lowest BCUT2D eigenvalue weighted by Gasteiger charge is -2.36. The van der Waals surface area contributed by atoms with Crippen molar-refractivity contribution in [3.8, 4) is 0 Å². The molecule has 1 amide bonds. The van der Waals surface area contributed by atoms with Crippen molar-refractivity contribution in [2.75, 3.05) is 17.9 Å². The number of fused-ring (bicyclic) bond motifs is 2. The summed E-state index contributed by atoms with van der Waals surface area (Å²) in [4.78, 5) is 15.1. The van der Waals surface area contributed by atoms with Gasteiger partial charge in [-0.3, -0.25) is 9.10 Å². The first-order valence-corrected chi connectivity index (χ1v) is 11.0. The van der Waals surface area contributed by atoms with Crippen LogP contribution in [0.4, 0.5) is 5.69 Å². The Morgan fingerprint density at radius 2 is 1.79 bits per heavy atom. The fraction of sp³-hybridized carbons (Fsp3) is 0.450. The molecular weight excluding hydrogens is 398 g/mol. The summed E-state index contributed by atoms with van der Waals surface area (Å²) in [6.45, 7) is -0.147. The van der Waals surface area contributed by atoms with E-state index in [4.69, 9.17) is 0 Å². The fourth-order valence-corrected chi connectivity index (χ4v) is 6.57. The molecule has 3 heterocycles. The van der Waals surface area contributed by atoms with E-state index in [-0.39, 0.29) is 30.9 Å². The van der Waals surface area contributed by atoms with Gasteiger partial charge >= 0.3 is 0 Å². The molecule has 0 spiro atoms. The molecule has 2 bridgehead atoms. The molecule has 28 heavy (non-hydrogen) atoms. The molecule has 6 nitrogen and oxygen atoms in total. The van der Waals surface area contributed by atoms with Crippen LogP contribution in [0.25, 0.3) is 10.8 Å². The van der Waals surface area contributed by atoms with E-state index in [1.54, 1.807) is 23.1 Å². The Morgan fingerprint density at radius 1 is 1.14 bits per heavy atom. The van der Waals surface area contributed by atoms with E-state index in [2.05, 4.69) is 5.32 Å². The van der Waals surface area contributed by atoms with Crippen LogP contribution in [0.15, 0.2) is 41.3 Å². The minimum absolute atomic E-state index is 0. The zero-order valence-corrected chi connectivity index (χ0v) is 17.3. The van der Waals surface area contributed by atoms with E-state index in [1.807, 2.05) is 25.2 Å². The highest BCUT2D eigenvalue weighted by Gasteiger charge is 2.40. The lowest BCUT2D eigenvalue weighted by atomic mass is 9.98. The van der Waals surface area contributed by atoms with E-state index in [9.17, 15) is 13.2 Å². The predicted molar refractivity (Wildman–Crippen MR) is 111 cm³/mol. The highest BCUT2D eigenvalue weighted by molar-refractivity contribution is 7.93. The number of carbonyl (C=O) groups excluding carboxylic acids is 1. The smallest absolute Gasteiger partial charge is 0.265 e. The zero-order chi connectivity index (χ0) is 18.8. The Morgan fingerprint density at radius 3 is 2.46 bits per heavy atom. The molecule has 3 aliphatic rings. The van der Waals surface area contributed by atoms with Crippen molar-refractivity contribution >= 4 is 44.8 Å². The number of anilines is 1. The second-order valence-corrected chi connectivity index (χ2v) is 9.74. The van der Waals surface area contributed by atoms with Crippen LogP contribution in [0.5, 0.6) is 0 Å². The van der Waals surface area contributed by atoms with Gasteiger partial charge in [0.15, 0.2) is 0 Å². The number of carbonyl (C=O) groups is 1. The molecule has 0 aromatic heterocycles. The molecular formula is C20H24ClN3O3S. The number of piperidine rings is 1. The molecule has 2 fully saturated rings. The Kier molecular flexibility index (Phi) is 4.80. The average Bonchev–Trinajstić information content (AvgIpc) is 3.11. The second-order valence-electron chi connectivity index (χ2n) is 7.91. The van der Waals surface area contributed by atoms with Crippen molar-refractivity contribution in [1.82, 2.24) is 10.2 Å². The minimum atomic E-state index is -3.69. The number of likely N-dealkylation sites (N-methyl/N-ethyl adjacent to an activating group) is 1. The molecule has 5 rings (SSSR count). The topological polar surface area (TPSA) is 69.7 Å². The van der Waals surface area contributed by atoms with Gasteiger partial charge in [-0.2, -0.15) is 0 Å². The molecule has 0 saturated carbocycles. The van der Waals surface area contributed by atoms with Crippen molar-refractivity contribution in [2.24, 2.45) is 0 Å². The summed E-state index contributed by atoms with van der Waals surface area (Å²) < 4.78 is 27.4. The number of hydrogen-bond donors (Lipinski definition) is 1. The Labute approximate surface area is 171 Å². The maximum Gasteiger partial charge on any atom is 0.265 e. The van der Waals surface area contributed by atoms with E-state index >= 15 is 0 Å². The van der Waals surface area contributed by atoms with Crippen LogP contribution in [-0.2, 0) is 14.8 Å². The van der Waals surface area contributed by atoms with Crippen LogP contribution in [0.3, 0.4) is 0 Å². The summed E-state index contributed by atoms with van der Waals surface area (Å²) in [7, 11) is -1.88. The monoisotopic (exact) mass is 421 g/mol. The molecule has 2 aromatic carbocycles. The van der Waals surface area contributed by atoms with Crippen molar-refractivity contribution in [3.05, 3.63) is 36.4 Å². The first kappa shape index (κ1) is 19.5. The largest absolute Gasteiger partial charge is 0.341 e. The van der Waals surface area contributed by atoms with Crippen molar-refractivity contribution in [3.63, 3.8) is 0 Å². The molecule has 150 valence electrons. The van der Waals surface area contributed by atoms with Crippen LogP contribution < -0.4 is 9.62 Å². The van der Waals surface area contributed by atoms with Gasteiger partial charge in [0.1, 0.15) is 6.54 Å². The SMILES string of the molecule is CN(C(=O)CN1c2cccc3cccc(c23)S1(=O)=O)C1CC2CCC(C1)N2.Cl. The summed E-state index contributed by atoms with van der Waals surface area (Å²) in [5, 5.41) is 5.18. The van der Waals surface area contributed by atoms with Crippen LogP contribution in [0.1, 0.15) is 25.7 Å². The molecule has 0 radical (unpaired) electrons. The van der Waals surface area contributed by atoms with Crippen LogP contribution in [0, 0.1) is 0 Å². The fourth-order valence-electron chi connectivity index (χ4n) is 4.91. The highest BCUT2D eigenvalue weighted by atomic mass is 35.5. The molecule has 2 unspecified atom stereocenters. The Hall–Kier alpha value is -1.83. The third kappa shape index (κ3) is 2.88. The van der Waals surface area contributed by atoms with Crippen LogP contribution >= 0.6 is 12.4 Å². The van der Waals surface area contributed by atoms with Gasteiger partial charge in [0.25, 0.3) is 10.0 Å². The number of hydrogen-bond acceptors (Lipinski definition) is 4. The third-order valence-corrected chi connectivity index (χ3v) is 8.15. The van der Waals surface area contributed by atoms with Crippen molar-refractivity contribution < 1.29 is 13.2 Å². The lowest BCUT2D eigenvalue weighted by Crippen LogP contribution is -2.51. The summed E-state index contributed by atoms with van der Waals surface area (Å²) >= 11 is 0. The summed E-state index contributed by atoms with van der Waals surface area (Å²) in [5.41, 5.74) is 0.607. The number of nitrogens with zero attached hydrogens (tertiary/aromatic N) is 2. The van der Waals surface area contributed by atoms with Gasteiger partial charge in [-0.15, -0.1) is 12.4 Å². The van der Waals surface area contributed by atoms with E-state index < -0.39 is 10.0 Å². The number of sulfonamides is 1. The molecule has 8 heteroatoms. The Balaban J connectivity index is 0.00000192. The lowest BCUT2D eigenvalue weighted by molar-refractivity contribution is -0.131. The molecule has 0 aliphatic carbocycles. The van der Waals surface area contributed by atoms with Crippen molar-refractivity contribution in [2.45, 2.75) is 48.7 Å². The van der Waals surface area contributed by atoms with Gasteiger partial charge in [-0.05, 0) is 43.2 Å². The van der Waals surface area contributed by atoms with E-state index in [0.29, 0.717) is 22.7 Å². The van der Waals surface area contributed by atoms with E-state index in [1.165, 1.54) is 17.1 Å². The molecule has 1 N–H and O–H groups in total. The molecule has 2 saturated heterocycles. The highest BCUT2D eigenvalue weighted by Crippen LogP contribution is 2.42. The van der Waals surface area contributed by atoms with Gasteiger partial charge in [0.05, 0.1) is 10.6 Å². The third-order valence-electron chi connectivity index (χ3n) is 6.35. The zero-order valence-electron chi connectivity index (χ0n) is 15.7. The van der Waals surface area contributed by atoms with Crippen LogP contribution in [0.2, 0.25) is 0 Å². The quantitative estimate of drug-likeness (QED) is 0.826. The van der Waals surface area contributed by atoms with Gasteiger partial charge in [0, 0.05) is 30.6 Å². The molecule has 2 atom stereocenters. The predicted octanol–water partition coefficient (Wildman–Crippen LogP) is 2.51. The van der Waals surface area contributed by atoms with Crippen LogP contribution in [-0.4, -0.2) is 50.9 Å². The number of amides is 1. The van der Waals surface area contributed by atoms with Gasteiger partial charge in [-0.1, -0.05) is 24.3 Å². The second kappa shape index (κ2) is 6.90.